The van der Waals surface area contributed by atoms with Crippen molar-refractivity contribution >= 4 is 12.2 Å². The first-order valence-electron chi connectivity index (χ1n) is 9.97. The van der Waals surface area contributed by atoms with Crippen molar-refractivity contribution in [2.24, 2.45) is 0 Å². The Hall–Kier alpha value is -3.38. The van der Waals surface area contributed by atoms with Crippen molar-refractivity contribution in [3.8, 4) is 22.3 Å². The van der Waals surface area contributed by atoms with Crippen molar-refractivity contribution in [3.05, 3.63) is 118 Å². The van der Waals surface area contributed by atoms with E-state index in [9.17, 15) is 0 Å². The summed E-state index contributed by atoms with van der Waals surface area (Å²) in [6, 6.07) is 31.0. The normalized spacial score (nSPS) is 13.3. The molecule has 4 aromatic rings. The third-order valence-corrected chi connectivity index (χ3v) is 6.22. The van der Waals surface area contributed by atoms with E-state index in [1.807, 2.05) is 0 Å². The summed E-state index contributed by atoms with van der Waals surface area (Å²) in [5.74, 6) is 0. The standard InChI is InChI=1S/C28H20/c1-3-11-23-21(7-1)17-27-19(9-5-13-25(23)27)15-16-20-10-6-14-26-24-12-4-2-8-22(24)18-28(20)26/h1-16H,17-18H2. The molecule has 0 bridgehead atoms. The van der Waals surface area contributed by atoms with Gasteiger partial charge in [-0.2, -0.15) is 0 Å². The van der Waals surface area contributed by atoms with Crippen LogP contribution in [0.4, 0.5) is 0 Å². The van der Waals surface area contributed by atoms with Gasteiger partial charge in [-0.15, -0.1) is 0 Å². The first kappa shape index (κ1) is 15.7. The van der Waals surface area contributed by atoms with Crippen molar-refractivity contribution in [2.75, 3.05) is 0 Å². The lowest BCUT2D eigenvalue weighted by molar-refractivity contribution is 1.25. The first-order valence-corrected chi connectivity index (χ1v) is 9.97. The van der Waals surface area contributed by atoms with Crippen LogP contribution in [-0.2, 0) is 12.8 Å². The Balaban J connectivity index is 1.40. The van der Waals surface area contributed by atoms with E-state index in [-0.39, 0.29) is 0 Å². The van der Waals surface area contributed by atoms with Crippen molar-refractivity contribution < 1.29 is 0 Å². The van der Waals surface area contributed by atoms with Gasteiger partial charge in [0.2, 0.25) is 0 Å². The van der Waals surface area contributed by atoms with Crippen LogP contribution in [0, 0.1) is 0 Å². The van der Waals surface area contributed by atoms with E-state index in [4.69, 9.17) is 0 Å². The third kappa shape index (κ3) is 2.31. The molecule has 0 heterocycles. The lowest BCUT2D eigenvalue weighted by atomic mass is 9.98. The van der Waals surface area contributed by atoms with Crippen LogP contribution in [0.1, 0.15) is 33.4 Å². The molecule has 132 valence electrons. The van der Waals surface area contributed by atoms with Gasteiger partial charge in [0.15, 0.2) is 0 Å². The number of rotatable bonds is 2. The Morgan fingerprint density at radius 2 is 0.857 bits per heavy atom. The summed E-state index contributed by atoms with van der Waals surface area (Å²) >= 11 is 0. The summed E-state index contributed by atoms with van der Waals surface area (Å²) in [5.41, 5.74) is 14.0. The average Bonchev–Trinajstić information content (AvgIpc) is 3.31. The molecule has 0 saturated carbocycles. The summed E-state index contributed by atoms with van der Waals surface area (Å²) in [6.45, 7) is 0. The Labute approximate surface area is 165 Å². The van der Waals surface area contributed by atoms with Gasteiger partial charge in [-0.3, -0.25) is 0 Å². The quantitative estimate of drug-likeness (QED) is 0.293. The molecular formula is C28H20. The summed E-state index contributed by atoms with van der Waals surface area (Å²) in [4.78, 5) is 0. The van der Waals surface area contributed by atoms with Gasteiger partial charge in [0.05, 0.1) is 0 Å². The SMILES string of the molecule is C(=Cc1cccc2c1Cc1ccccc1-2)c1cccc2c1Cc1ccccc1-2. The van der Waals surface area contributed by atoms with Crippen LogP contribution in [0.15, 0.2) is 84.9 Å². The zero-order chi connectivity index (χ0) is 18.5. The molecule has 0 aliphatic heterocycles. The van der Waals surface area contributed by atoms with Gasteiger partial charge >= 0.3 is 0 Å². The highest BCUT2D eigenvalue weighted by atomic mass is 14.2. The molecule has 0 aromatic heterocycles. The Kier molecular flexibility index (Phi) is 3.39. The topological polar surface area (TPSA) is 0 Å². The molecule has 28 heavy (non-hydrogen) atoms. The first-order chi connectivity index (χ1) is 13.9. The predicted octanol–water partition coefficient (Wildman–Crippen LogP) is 7.00. The van der Waals surface area contributed by atoms with Crippen LogP contribution in [0.25, 0.3) is 34.4 Å². The fourth-order valence-electron chi connectivity index (χ4n) is 4.86. The molecule has 6 rings (SSSR count). The second-order valence-electron chi connectivity index (χ2n) is 7.75. The minimum absolute atomic E-state index is 1.03. The van der Waals surface area contributed by atoms with Crippen LogP contribution in [0.5, 0.6) is 0 Å². The highest BCUT2D eigenvalue weighted by Crippen LogP contribution is 2.40. The van der Waals surface area contributed by atoms with Crippen LogP contribution >= 0.6 is 0 Å². The Bertz CT molecular complexity index is 1160. The molecule has 0 saturated heterocycles. The van der Waals surface area contributed by atoms with Gasteiger partial charge in [-0.25, -0.2) is 0 Å². The molecule has 0 atom stereocenters. The largest absolute Gasteiger partial charge is 0.0619 e. The second-order valence-corrected chi connectivity index (χ2v) is 7.75. The highest BCUT2D eigenvalue weighted by molar-refractivity contribution is 5.86. The fourth-order valence-corrected chi connectivity index (χ4v) is 4.86. The summed E-state index contributed by atoms with van der Waals surface area (Å²) in [5, 5.41) is 0. The minimum Gasteiger partial charge on any atom is -0.0619 e. The minimum atomic E-state index is 1.03. The number of fused-ring (bicyclic) bond motifs is 6. The molecule has 0 radical (unpaired) electrons. The summed E-state index contributed by atoms with van der Waals surface area (Å²) in [6.07, 6.45) is 6.68. The second kappa shape index (κ2) is 6.07. The van der Waals surface area contributed by atoms with Crippen molar-refractivity contribution in [2.45, 2.75) is 12.8 Å². The van der Waals surface area contributed by atoms with Crippen LogP contribution in [-0.4, -0.2) is 0 Å². The van der Waals surface area contributed by atoms with E-state index in [2.05, 4.69) is 97.1 Å². The van der Waals surface area contributed by atoms with E-state index in [1.54, 1.807) is 0 Å². The van der Waals surface area contributed by atoms with Crippen molar-refractivity contribution in [1.82, 2.24) is 0 Å². The molecule has 0 spiro atoms. The number of hydrogen-bond donors (Lipinski definition) is 0. The zero-order valence-electron chi connectivity index (χ0n) is 15.7. The van der Waals surface area contributed by atoms with Gasteiger partial charge in [0.1, 0.15) is 0 Å². The summed E-state index contributed by atoms with van der Waals surface area (Å²) < 4.78 is 0. The van der Waals surface area contributed by atoms with Gasteiger partial charge < -0.3 is 0 Å². The maximum Gasteiger partial charge on any atom is -0.000751 e. The zero-order valence-corrected chi connectivity index (χ0v) is 15.7. The lowest BCUT2D eigenvalue weighted by Crippen LogP contribution is -1.88. The van der Waals surface area contributed by atoms with Crippen LogP contribution in [0.2, 0.25) is 0 Å². The van der Waals surface area contributed by atoms with Crippen molar-refractivity contribution in [1.29, 1.82) is 0 Å². The molecule has 4 aromatic carbocycles. The van der Waals surface area contributed by atoms with Gasteiger partial charge in [-0.1, -0.05) is 97.1 Å². The average molecular weight is 356 g/mol. The van der Waals surface area contributed by atoms with Gasteiger partial charge in [-0.05, 0) is 68.5 Å². The maximum absolute atomic E-state index is 2.31. The predicted molar refractivity (Wildman–Crippen MR) is 118 cm³/mol. The molecule has 0 unspecified atom stereocenters. The van der Waals surface area contributed by atoms with Crippen LogP contribution in [0.3, 0.4) is 0 Å². The number of hydrogen-bond acceptors (Lipinski definition) is 0. The van der Waals surface area contributed by atoms with Crippen LogP contribution < -0.4 is 0 Å². The molecule has 0 N–H and O–H groups in total. The molecule has 2 aliphatic carbocycles. The number of benzene rings is 4. The molecular weight excluding hydrogens is 336 g/mol. The Morgan fingerprint density at radius 1 is 0.429 bits per heavy atom. The Morgan fingerprint density at radius 3 is 1.36 bits per heavy atom. The molecule has 0 nitrogen and oxygen atoms in total. The van der Waals surface area contributed by atoms with E-state index >= 15 is 0 Å². The maximum atomic E-state index is 2.31. The molecule has 0 fully saturated rings. The summed E-state index contributed by atoms with van der Waals surface area (Å²) in [7, 11) is 0. The molecule has 0 heteroatoms. The molecule has 2 aliphatic rings. The fraction of sp³-hybridized carbons (Fsp3) is 0.0714. The lowest BCUT2D eigenvalue weighted by Gasteiger charge is -2.07. The smallest absolute Gasteiger partial charge is 0.000751 e. The monoisotopic (exact) mass is 356 g/mol. The van der Waals surface area contributed by atoms with E-state index in [0.717, 1.165) is 12.8 Å². The third-order valence-electron chi connectivity index (χ3n) is 6.22. The van der Waals surface area contributed by atoms with E-state index in [0.29, 0.717) is 0 Å². The highest BCUT2D eigenvalue weighted by Gasteiger charge is 2.21. The van der Waals surface area contributed by atoms with Crippen molar-refractivity contribution in [3.63, 3.8) is 0 Å². The molecule has 0 amide bonds. The van der Waals surface area contributed by atoms with Gasteiger partial charge in [0.25, 0.3) is 0 Å². The van der Waals surface area contributed by atoms with Gasteiger partial charge in [0, 0.05) is 0 Å². The van der Waals surface area contributed by atoms with E-state index < -0.39 is 0 Å². The van der Waals surface area contributed by atoms with E-state index in [1.165, 1.54) is 55.6 Å².